The SMILES string of the molecule is c1ccc(C2ON=NC2c2ccc(C3N=NOC3c3ccccc3)cc2)cc1. The normalized spacial score (nSPS) is 25.4. The standard InChI is InChI=1S/C22H18N4O2/c1-3-7-17(8-4-1)21-19(23-25-27-21)15-11-13-16(14-12-15)20-22(28-26-24-20)18-9-5-2-6-10-18/h1-14,19-22H. The summed E-state index contributed by atoms with van der Waals surface area (Å²) in [5.41, 5.74) is 4.21. The Morgan fingerprint density at radius 2 is 0.857 bits per heavy atom. The second-order valence-corrected chi connectivity index (χ2v) is 6.82. The summed E-state index contributed by atoms with van der Waals surface area (Å²) in [7, 11) is 0. The molecule has 4 unspecified atom stereocenters. The van der Waals surface area contributed by atoms with Crippen molar-refractivity contribution in [3.63, 3.8) is 0 Å². The molecule has 0 saturated carbocycles. The Hall–Kier alpha value is -3.54. The summed E-state index contributed by atoms with van der Waals surface area (Å²) in [6.45, 7) is 0. The summed E-state index contributed by atoms with van der Waals surface area (Å²) in [5.74, 6) is 0. The molecule has 0 saturated heterocycles. The predicted octanol–water partition coefficient (Wildman–Crippen LogP) is 6.05. The second kappa shape index (κ2) is 7.23. The lowest BCUT2D eigenvalue weighted by Crippen LogP contribution is -2.08. The zero-order chi connectivity index (χ0) is 18.8. The van der Waals surface area contributed by atoms with Gasteiger partial charge in [-0.2, -0.15) is 0 Å². The molecular weight excluding hydrogens is 352 g/mol. The second-order valence-electron chi connectivity index (χ2n) is 6.82. The van der Waals surface area contributed by atoms with E-state index in [0.29, 0.717) is 0 Å². The van der Waals surface area contributed by atoms with E-state index in [0.717, 1.165) is 22.3 Å². The van der Waals surface area contributed by atoms with Gasteiger partial charge >= 0.3 is 0 Å². The molecule has 3 aromatic rings. The number of rotatable bonds is 4. The molecule has 0 aromatic heterocycles. The summed E-state index contributed by atoms with van der Waals surface area (Å²) in [4.78, 5) is 11.0. The largest absolute Gasteiger partial charge is 0.369 e. The van der Waals surface area contributed by atoms with Crippen molar-refractivity contribution < 1.29 is 9.68 Å². The highest BCUT2D eigenvalue weighted by molar-refractivity contribution is 5.33. The molecule has 0 fully saturated rings. The Morgan fingerprint density at radius 3 is 1.25 bits per heavy atom. The molecule has 28 heavy (non-hydrogen) atoms. The Bertz CT molecular complexity index is 908. The first-order valence-electron chi connectivity index (χ1n) is 9.22. The van der Waals surface area contributed by atoms with E-state index >= 15 is 0 Å². The molecule has 2 heterocycles. The van der Waals surface area contributed by atoms with Gasteiger partial charge in [-0.05, 0) is 22.3 Å². The highest BCUT2D eigenvalue weighted by Crippen LogP contribution is 2.42. The maximum absolute atomic E-state index is 5.52. The fourth-order valence-electron chi connectivity index (χ4n) is 3.64. The lowest BCUT2D eigenvalue weighted by atomic mass is 9.92. The fraction of sp³-hybridized carbons (Fsp3) is 0.182. The smallest absolute Gasteiger partial charge is 0.182 e. The third kappa shape index (κ3) is 3.03. The van der Waals surface area contributed by atoms with Crippen LogP contribution in [0.4, 0.5) is 0 Å². The maximum Gasteiger partial charge on any atom is 0.182 e. The van der Waals surface area contributed by atoms with Crippen LogP contribution in [-0.4, -0.2) is 0 Å². The van der Waals surface area contributed by atoms with E-state index < -0.39 is 0 Å². The van der Waals surface area contributed by atoms with Crippen LogP contribution in [-0.2, 0) is 9.68 Å². The Labute approximate surface area is 162 Å². The van der Waals surface area contributed by atoms with Crippen LogP contribution < -0.4 is 0 Å². The third-order valence-corrected chi connectivity index (χ3v) is 5.11. The quantitative estimate of drug-likeness (QED) is 0.561. The molecule has 0 radical (unpaired) electrons. The van der Waals surface area contributed by atoms with Crippen LogP contribution in [0.15, 0.2) is 106 Å². The van der Waals surface area contributed by atoms with Crippen molar-refractivity contribution in [2.75, 3.05) is 0 Å². The van der Waals surface area contributed by atoms with Gasteiger partial charge < -0.3 is 9.68 Å². The van der Waals surface area contributed by atoms with Gasteiger partial charge in [-0.15, -0.1) is 10.2 Å². The van der Waals surface area contributed by atoms with Crippen molar-refractivity contribution >= 4 is 0 Å². The van der Waals surface area contributed by atoms with Gasteiger partial charge in [-0.1, -0.05) is 84.9 Å². The lowest BCUT2D eigenvalue weighted by molar-refractivity contribution is 0.0755. The first kappa shape index (κ1) is 16.6. The van der Waals surface area contributed by atoms with Gasteiger partial charge in [-0.3, -0.25) is 0 Å². The van der Waals surface area contributed by atoms with E-state index in [1.165, 1.54) is 0 Å². The zero-order valence-corrected chi connectivity index (χ0v) is 15.0. The Morgan fingerprint density at radius 1 is 0.464 bits per heavy atom. The van der Waals surface area contributed by atoms with E-state index in [-0.39, 0.29) is 24.3 Å². The van der Waals surface area contributed by atoms with E-state index in [1.54, 1.807) is 0 Å². The zero-order valence-electron chi connectivity index (χ0n) is 15.0. The predicted molar refractivity (Wildman–Crippen MR) is 102 cm³/mol. The Balaban J connectivity index is 1.38. The van der Waals surface area contributed by atoms with Crippen LogP contribution in [0, 0.1) is 0 Å². The van der Waals surface area contributed by atoms with E-state index in [1.807, 2.05) is 60.7 Å². The molecule has 0 spiro atoms. The van der Waals surface area contributed by atoms with Crippen LogP contribution in [0.2, 0.25) is 0 Å². The third-order valence-electron chi connectivity index (χ3n) is 5.11. The lowest BCUT2D eigenvalue weighted by Gasteiger charge is -2.18. The summed E-state index contributed by atoms with van der Waals surface area (Å²) in [5, 5.41) is 16.2. The van der Waals surface area contributed by atoms with Crippen molar-refractivity contribution in [1.82, 2.24) is 0 Å². The molecule has 0 N–H and O–H groups in total. The summed E-state index contributed by atoms with van der Waals surface area (Å²) in [6.07, 6.45) is -0.419. The van der Waals surface area contributed by atoms with Gasteiger partial charge in [0.2, 0.25) is 0 Å². The van der Waals surface area contributed by atoms with Crippen molar-refractivity contribution in [2.45, 2.75) is 24.3 Å². The van der Waals surface area contributed by atoms with Crippen LogP contribution in [0.25, 0.3) is 0 Å². The van der Waals surface area contributed by atoms with E-state index in [2.05, 4.69) is 45.0 Å². The molecule has 0 bridgehead atoms. The van der Waals surface area contributed by atoms with Crippen LogP contribution in [0.5, 0.6) is 0 Å². The molecule has 0 amide bonds. The fourth-order valence-corrected chi connectivity index (χ4v) is 3.64. The van der Waals surface area contributed by atoms with Crippen molar-refractivity contribution in [2.24, 2.45) is 20.8 Å². The maximum atomic E-state index is 5.52. The first-order chi connectivity index (χ1) is 13.9. The monoisotopic (exact) mass is 370 g/mol. The van der Waals surface area contributed by atoms with Crippen LogP contribution in [0.3, 0.4) is 0 Å². The van der Waals surface area contributed by atoms with Gasteiger partial charge in [0.05, 0.1) is 0 Å². The molecule has 6 heteroatoms. The van der Waals surface area contributed by atoms with Gasteiger partial charge in [-0.25, -0.2) is 0 Å². The van der Waals surface area contributed by atoms with Gasteiger partial charge in [0.15, 0.2) is 12.2 Å². The topological polar surface area (TPSA) is 67.9 Å². The minimum atomic E-state index is -0.210. The summed E-state index contributed by atoms with van der Waals surface area (Å²) < 4.78 is 0. The molecule has 2 aliphatic rings. The minimum absolute atomic E-state index is 0.164. The molecule has 4 atom stereocenters. The van der Waals surface area contributed by atoms with Crippen LogP contribution in [0.1, 0.15) is 46.5 Å². The average Bonchev–Trinajstić information content (AvgIpc) is 3.45. The highest BCUT2D eigenvalue weighted by atomic mass is 16.7. The number of benzene rings is 3. The molecule has 138 valence electrons. The van der Waals surface area contributed by atoms with Crippen molar-refractivity contribution in [1.29, 1.82) is 0 Å². The molecule has 0 aliphatic carbocycles. The highest BCUT2D eigenvalue weighted by Gasteiger charge is 2.33. The van der Waals surface area contributed by atoms with Crippen molar-refractivity contribution in [3.8, 4) is 0 Å². The number of hydrogen-bond acceptors (Lipinski definition) is 6. The van der Waals surface area contributed by atoms with E-state index in [4.69, 9.17) is 9.68 Å². The molecular formula is C22H18N4O2. The Kier molecular flexibility index (Phi) is 4.29. The molecule has 3 aromatic carbocycles. The number of nitrogens with zero attached hydrogens (tertiary/aromatic N) is 4. The van der Waals surface area contributed by atoms with Crippen molar-refractivity contribution in [3.05, 3.63) is 107 Å². The van der Waals surface area contributed by atoms with Crippen LogP contribution >= 0.6 is 0 Å². The number of hydrogen-bond donors (Lipinski definition) is 0. The van der Waals surface area contributed by atoms with Gasteiger partial charge in [0, 0.05) is 10.6 Å². The van der Waals surface area contributed by atoms with Gasteiger partial charge in [0.25, 0.3) is 0 Å². The molecule has 6 nitrogen and oxygen atoms in total. The molecule has 5 rings (SSSR count). The molecule has 2 aliphatic heterocycles. The summed E-state index contributed by atoms with van der Waals surface area (Å²) in [6, 6.07) is 28.0. The van der Waals surface area contributed by atoms with Gasteiger partial charge in [0.1, 0.15) is 12.1 Å². The summed E-state index contributed by atoms with van der Waals surface area (Å²) >= 11 is 0. The minimum Gasteiger partial charge on any atom is -0.369 e. The first-order valence-corrected chi connectivity index (χ1v) is 9.22. The van der Waals surface area contributed by atoms with E-state index in [9.17, 15) is 0 Å². The average molecular weight is 370 g/mol.